The number of hydrogen-bond donors (Lipinski definition) is 2. The zero-order valence-corrected chi connectivity index (χ0v) is 28.6. The van der Waals surface area contributed by atoms with Crippen LogP contribution in [0.3, 0.4) is 0 Å². The van der Waals surface area contributed by atoms with Crippen LogP contribution in [0.1, 0.15) is 78.1 Å². The number of fused-ring (bicyclic) bond motifs is 8. The fourth-order valence-corrected chi connectivity index (χ4v) is 5.61. The molecule has 8 nitrogen and oxygen atoms in total. The molecule has 45 heavy (non-hydrogen) atoms. The van der Waals surface area contributed by atoms with E-state index in [1.165, 1.54) is 0 Å². The standard InChI is InChI=1S/C34H34N4O4.3Fe/c1-7-21-17(3)25-13-26-19(5)23(9-11-33(39)40)31(37-26)16-32-24(10-12-34(41)42)20(6)28(38-32)15-30-22(8-2)18(4)27(36-30)14-29(21)35-25;;;/h7-8,13-16H,1-2,9-12H2,3-6H3,(H4,35,36,37,38,39,40,41,42);;;/q;;;+2/p-2. The van der Waals surface area contributed by atoms with Crippen molar-refractivity contribution in [1.29, 1.82) is 0 Å². The fraction of sp³-hybridized carbons (Fsp3) is 0.235. The Bertz CT molecular complexity index is 1930. The van der Waals surface area contributed by atoms with Crippen molar-refractivity contribution in [2.75, 3.05) is 0 Å². The molecule has 5 rings (SSSR count). The summed E-state index contributed by atoms with van der Waals surface area (Å²) in [5, 5.41) is 18.9. The van der Waals surface area contributed by atoms with E-state index in [1.807, 2.05) is 52.0 Å². The van der Waals surface area contributed by atoms with Crippen LogP contribution in [0, 0.1) is 13.8 Å². The van der Waals surface area contributed by atoms with Gasteiger partial charge in [0, 0.05) is 52.6 Å². The van der Waals surface area contributed by atoms with Crippen molar-refractivity contribution in [2.45, 2.75) is 53.4 Å². The summed E-state index contributed by atoms with van der Waals surface area (Å²) < 4.78 is 0. The van der Waals surface area contributed by atoms with E-state index in [-0.39, 0.29) is 64.0 Å². The average molecular weight is 728 g/mol. The second kappa shape index (κ2) is 15.2. The van der Waals surface area contributed by atoms with Crippen molar-refractivity contribution in [3.05, 3.63) is 88.5 Å². The number of carbonyl (C=O) groups is 2. The molecule has 236 valence electrons. The maximum absolute atomic E-state index is 11.5. The third-order valence-corrected chi connectivity index (χ3v) is 8.06. The first kappa shape index (κ1) is 37.8. The first-order valence-electron chi connectivity index (χ1n) is 13.8. The molecule has 0 atom stereocenters. The quantitative estimate of drug-likeness (QED) is 0.244. The van der Waals surface area contributed by atoms with Gasteiger partial charge in [-0.3, -0.25) is 9.59 Å². The summed E-state index contributed by atoms with van der Waals surface area (Å²) in [6.07, 6.45) is 4.06. The van der Waals surface area contributed by atoms with Crippen molar-refractivity contribution in [2.24, 2.45) is 0 Å². The third-order valence-electron chi connectivity index (χ3n) is 8.06. The first-order chi connectivity index (χ1) is 20.0. The Hall–Kier alpha value is -3.42. The Morgan fingerprint density at radius 3 is 1.84 bits per heavy atom. The van der Waals surface area contributed by atoms with Gasteiger partial charge < -0.3 is 20.2 Å². The van der Waals surface area contributed by atoms with Gasteiger partial charge in [0.15, 0.2) is 0 Å². The summed E-state index contributed by atoms with van der Waals surface area (Å²) in [5.74, 6) is -1.80. The third kappa shape index (κ3) is 7.36. The predicted octanol–water partition coefficient (Wildman–Crippen LogP) is 6.75. The van der Waals surface area contributed by atoms with Crippen LogP contribution in [-0.2, 0) is 67.2 Å². The number of carboxylic acid groups (broad SMARTS) is 2. The van der Waals surface area contributed by atoms with Crippen LogP contribution in [0.4, 0.5) is 0 Å². The summed E-state index contributed by atoms with van der Waals surface area (Å²) in [5.41, 5.74) is 12.6. The van der Waals surface area contributed by atoms with Gasteiger partial charge >= 0.3 is 29.0 Å². The Balaban J connectivity index is 0.00000235. The molecule has 0 unspecified atom stereocenters. The van der Waals surface area contributed by atoms with Gasteiger partial charge in [-0.25, -0.2) is 9.97 Å². The summed E-state index contributed by atoms with van der Waals surface area (Å²) in [6.45, 7) is 15.9. The molecule has 5 heterocycles. The number of rotatable bonds is 8. The minimum Gasteiger partial charge on any atom is -0.657 e. The molecule has 2 aliphatic heterocycles. The normalized spacial score (nSPS) is 12.2. The van der Waals surface area contributed by atoms with E-state index >= 15 is 0 Å². The number of allylic oxidation sites excluding steroid dienone is 5. The minimum atomic E-state index is -0.898. The average Bonchev–Trinajstić information content (AvgIpc) is 3.59. The van der Waals surface area contributed by atoms with E-state index < -0.39 is 11.9 Å². The smallest absolute Gasteiger partial charge is 0.657 e. The molecule has 8 bridgehead atoms. The molecular formula is C34H32Fe3N4O4. The van der Waals surface area contributed by atoms with Crippen molar-refractivity contribution < 1.29 is 71.0 Å². The number of aliphatic carboxylic acids is 2. The Labute approximate surface area is 293 Å². The van der Waals surface area contributed by atoms with Gasteiger partial charge in [0.2, 0.25) is 0 Å². The molecule has 2 aliphatic rings. The van der Waals surface area contributed by atoms with E-state index in [0.29, 0.717) is 40.8 Å². The van der Waals surface area contributed by atoms with Gasteiger partial charge in [0.05, 0.1) is 22.8 Å². The summed E-state index contributed by atoms with van der Waals surface area (Å²) in [6, 6.07) is 7.62. The van der Waals surface area contributed by atoms with Gasteiger partial charge in [0.1, 0.15) is 0 Å². The molecule has 0 aromatic carbocycles. The summed E-state index contributed by atoms with van der Waals surface area (Å²) in [4.78, 5) is 42.7. The molecule has 3 aromatic rings. The molecule has 0 amide bonds. The molecule has 0 aliphatic carbocycles. The van der Waals surface area contributed by atoms with E-state index in [9.17, 15) is 19.8 Å². The predicted molar refractivity (Wildman–Crippen MR) is 167 cm³/mol. The van der Waals surface area contributed by atoms with Gasteiger partial charge in [-0.15, -0.1) is 22.1 Å². The van der Waals surface area contributed by atoms with Crippen LogP contribution < -0.4 is 9.97 Å². The van der Waals surface area contributed by atoms with Crippen molar-refractivity contribution >= 4 is 62.4 Å². The molecule has 0 spiro atoms. The van der Waals surface area contributed by atoms with Gasteiger partial charge in [-0.2, -0.15) is 0 Å². The van der Waals surface area contributed by atoms with E-state index in [0.717, 1.165) is 61.5 Å². The second-order valence-electron chi connectivity index (χ2n) is 10.6. The first-order valence-corrected chi connectivity index (χ1v) is 13.8. The van der Waals surface area contributed by atoms with E-state index in [2.05, 4.69) is 13.2 Å². The van der Waals surface area contributed by atoms with Crippen molar-refractivity contribution in [1.82, 2.24) is 19.9 Å². The van der Waals surface area contributed by atoms with E-state index in [1.54, 1.807) is 12.2 Å². The Morgan fingerprint density at radius 2 is 1.22 bits per heavy atom. The van der Waals surface area contributed by atoms with Crippen LogP contribution in [-0.4, -0.2) is 32.1 Å². The molecule has 0 radical (unpaired) electrons. The number of aromatic nitrogens is 4. The van der Waals surface area contributed by atoms with Crippen LogP contribution in [0.5, 0.6) is 0 Å². The molecule has 0 saturated heterocycles. The molecular weight excluding hydrogens is 696 g/mol. The Kier molecular flexibility index (Phi) is 12.8. The topological polar surface area (TPSA) is 129 Å². The SMILES string of the molecule is C=CC1=C(C)c2cc3[n-]c(cc4nc(cc5[n-]c(cc1n2)c(C)c5C=C)C(C)=C4CCC(=O)O)c(CCC(=O)O)c3C.[Fe+2].[Fe].[Fe]. The molecule has 0 fully saturated rings. The van der Waals surface area contributed by atoms with E-state index in [4.69, 9.17) is 19.9 Å². The summed E-state index contributed by atoms with van der Waals surface area (Å²) in [7, 11) is 0. The Morgan fingerprint density at radius 1 is 0.711 bits per heavy atom. The van der Waals surface area contributed by atoms with Crippen molar-refractivity contribution in [3.63, 3.8) is 0 Å². The second-order valence-corrected chi connectivity index (χ2v) is 10.6. The van der Waals surface area contributed by atoms with Crippen LogP contribution in [0.15, 0.2) is 43.5 Å². The molecule has 0 saturated carbocycles. The number of nitrogens with zero attached hydrogens (tertiary/aromatic N) is 4. The van der Waals surface area contributed by atoms with Crippen LogP contribution in [0.2, 0.25) is 0 Å². The number of aryl methyl sites for hydroxylation is 3. The number of hydrogen-bond acceptors (Lipinski definition) is 4. The van der Waals surface area contributed by atoms with Gasteiger partial charge in [-0.05, 0) is 62.8 Å². The minimum absolute atomic E-state index is 0. The number of carboxylic acids is 2. The molecule has 11 heteroatoms. The molecule has 3 aromatic heterocycles. The van der Waals surface area contributed by atoms with Gasteiger partial charge in [0.25, 0.3) is 0 Å². The monoisotopic (exact) mass is 728 g/mol. The van der Waals surface area contributed by atoms with Crippen LogP contribution in [0.25, 0.3) is 50.4 Å². The van der Waals surface area contributed by atoms with Crippen LogP contribution >= 0.6 is 0 Å². The molecule has 2 N–H and O–H groups in total. The zero-order valence-electron chi connectivity index (χ0n) is 25.3. The summed E-state index contributed by atoms with van der Waals surface area (Å²) >= 11 is 0. The largest absolute Gasteiger partial charge is 2.00 e. The van der Waals surface area contributed by atoms with Gasteiger partial charge in [-0.1, -0.05) is 66.3 Å². The maximum Gasteiger partial charge on any atom is 2.00 e. The maximum atomic E-state index is 11.5. The zero-order chi connectivity index (χ0) is 30.3. The van der Waals surface area contributed by atoms with Crippen molar-refractivity contribution in [3.8, 4) is 0 Å². The fourth-order valence-electron chi connectivity index (χ4n) is 5.61.